The number of carbonyl (C=O) groups excluding carboxylic acids is 1. The third-order valence-corrected chi connectivity index (χ3v) is 5.40. The quantitative estimate of drug-likeness (QED) is 0.651. The average molecular weight is 401 g/mol. The number of nitrogens with zero attached hydrogens (tertiary/aromatic N) is 2. The minimum absolute atomic E-state index is 0.117. The first-order valence-corrected chi connectivity index (χ1v) is 9.77. The third kappa shape index (κ3) is 4.15. The first-order valence-electron chi connectivity index (χ1n) is 8.29. The molecule has 0 aliphatic rings. The van der Waals surface area contributed by atoms with E-state index in [9.17, 15) is 13.2 Å². The van der Waals surface area contributed by atoms with Crippen molar-refractivity contribution in [3.63, 3.8) is 0 Å². The van der Waals surface area contributed by atoms with Gasteiger partial charge in [-0.1, -0.05) is 18.2 Å². The van der Waals surface area contributed by atoms with Gasteiger partial charge in [0.05, 0.1) is 20.8 Å². The van der Waals surface area contributed by atoms with Crippen molar-refractivity contribution in [2.75, 3.05) is 14.2 Å². The minimum atomic E-state index is -4.10. The summed E-state index contributed by atoms with van der Waals surface area (Å²) >= 11 is 0. The summed E-state index contributed by atoms with van der Waals surface area (Å²) in [5.41, 5.74) is 0.954. The molecule has 0 saturated heterocycles. The van der Waals surface area contributed by atoms with Crippen molar-refractivity contribution < 1.29 is 22.7 Å². The highest BCUT2D eigenvalue weighted by Crippen LogP contribution is 2.24. The Morgan fingerprint density at radius 2 is 1.82 bits per heavy atom. The lowest BCUT2D eigenvalue weighted by molar-refractivity contribution is 0.0981. The molecule has 8 nitrogen and oxygen atoms in total. The van der Waals surface area contributed by atoms with Crippen LogP contribution in [0.15, 0.2) is 65.8 Å². The number of rotatable bonds is 7. The van der Waals surface area contributed by atoms with Gasteiger partial charge in [0.1, 0.15) is 16.4 Å². The Kier molecular flexibility index (Phi) is 5.65. The van der Waals surface area contributed by atoms with Crippen molar-refractivity contribution >= 4 is 15.9 Å². The molecule has 0 aliphatic carbocycles. The largest absolute Gasteiger partial charge is 0.496 e. The van der Waals surface area contributed by atoms with E-state index in [1.165, 1.54) is 38.5 Å². The molecule has 2 aromatic carbocycles. The Labute approximate surface area is 162 Å². The van der Waals surface area contributed by atoms with Crippen LogP contribution in [0.3, 0.4) is 0 Å². The van der Waals surface area contributed by atoms with Gasteiger partial charge >= 0.3 is 0 Å². The zero-order valence-corrected chi connectivity index (χ0v) is 16.1. The fraction of sp³-hybridized carbons (Fsp3) is 0.158. The van der Waals surface area contributed by atoms with Gasteiger partial charge in [-0.3, -0.25) is 9.48 Å². The van der Waals surface area contributed by atoms with Crippen LogP contribution >= 0.6 is 0 Å². The molecule has 0 aliphatic heterocycles. The van der Waals surface area contributed by atoms with E-state index in [2.05, 4.69) is 9.82 Å². The summed E-state index contributed by atoms with van der Waals surface area (Å²) in [6, 6.07) is 12.6. The van der Waals surface area contributed by atoms with Crippen molar-refractivity contribution in [1.29, 1.82) is 0 Å². The van der Waals surface area contributed by atoms with Gasteiger partial charge in [-0.25, -0.2) is 13.1 Å². The number of para-hydroxylation sites is 1. The molecule has 1 amide bonds. The Morgan fingerprint density at radius 3 is 2.50 bits per heavy atom. The number of amides is 1. The summed E-state index contributed by atoms with van der Waals surface area (Å²) in [7, 11) is -1.26. The zero-order valence-electron chi connectivity index (χ0n) is 15.3. The zero-order chi connectivity index (χ0) is 20.1. The summed E-state index contributed by atoms with van der Waals surface area (Å²) in [5.74, 6) is -0.164. The Morgan fingerprint density at radius 1 is 1.07 bits per heavy atom. The first kappa shape index (κ1) is 19.4. The van der Waals surface area contributed by atoms with Crippen LogP contribution in [0.2, 0.25) is 0 Å². The number of hydrogen-bond acceptors (Lipinski definition) is 6. The topological polar surface area (TPSA) is 99.5 Å². The van der Waals surface area contributed by atoms with Crippen molar-refractivity contribution in [3.8, 4) is 11.5 Å². The highest BCUT2D eigenvalue weighted by Gasteiger charge is 2.23. The fourth-order valence-electron chi connectivity index (χ4n) is 2.66. The van der Waals surface area contributed by atoms with E-state index in [4.69, 9.17) is 9.47 Å². The average Bonchev–Trinajstić information content (AvgIpc) is 3.21. The molecule has 0 bridgehead atoms. The predicted octanol–water partition coefficient (Wildman–Crippen LogP) is 2.07. The molecule has 1 N–H and O–H groups in total. The number of hydrogen-bond donors (Lipinski definition) is 1. The molecule has 1 heterocycles. The van der Waals surface area contributed by atoms with Gasteiger partial charge < -0.3 is 9.47 Å². The van der Waals surface area contributed by atoms with Gasteiger partial charge in [-0.15, -0.1) is 0 Å². The van der Waals surface area contributed by atoms with Crippen molar-refractivity contribution in [1.82, 2.24) is 14.5 Å². The molecule has 146 valence electrons. The van der Waals surface area contributed by atoms with Crippen LogP contribution in [0, 0.1) is 0 Å². The maximum atomic E-state index is 12.6. The number of carbonyl (C=O) groups is 1. The molecule has 0 fully saturated rings. The standard InChI is InChI=1S/C19H19N3O5S/c1-26-16-6-3-4-7-18(16)28(24,25)21-19(23)14-8-9-15(17(12-14)27-2)13-22-11-5-10-20-22/h3-12H,13H2,1-2H3,(H,21,23). The molecule has 0 radical (unpaired) electrons. The van der Waals surface area contributed by atoms with E-state index >= 15 is 0 Å². The van der Waals surface area contributed by atoms with Crippen molar-refractivity contribution in [3.05, 3.63) is 72.1 Å². The van der Waals surface area contributed by atoms with E-state index < -0.39 is 15.9 Å². The number of sulfonamides is 1. The number of aromatic nitrogens is 2. The Hall–Kier alpha value is -3.33. The van der Waals surface area contributed by atoms with E-state index in [-0.39, 0.29) is 16.2 Å². The molecule has 0 unspecified atom stereocenters. The van der Waals surface area contributed by atoms with Crippen LogP contribution in [0.5, 0.6) is 11.5 Å². The third-order valence-electron chi connectivity index (χ3n) is 4.03. The van der Waals surface area contributed by atoms with E-state index in [0.29, 0.717) is 12.3 Å². The number of ether oxygens (including phenoxy) is 2. The van der Waals surface area contributed by atoms with Gasteiger partial charge in [0, 0.05) is 23.5 Å². The molecule has 3 aromatic rings. The Balaban J connectivity index is 1.84. The molecule has 0 saturated carbocycles. The molecule has 0 spiro atoms. The maximum Gasteiger partial charge on any atom is 0.268 e. The van der Waals surface area contributed by atoms with Crippen LogP contribution in [-0.2, 0) is 16.6 Å². The van der Waals surface area contributed by atoms with Crippen LogP contribution < -0.4 is 14.2 Å². The number of methoxy groups -OCH3 is 2. The summed E-state index contributed by atoms with van der Waals surface area (Å²) < 4.78 is 39.3. The van der Waals surface area contributed by atoms with Crippen LogP contribution in [0.4, 0.5) is 0 Å². The molecular weight excluding hydrogens is 382 g/mol. The van der Waals surface area contributed by atoms with Crippen LogP contribution in [0.25, 0.3) is 0 Å². The molecule has 28 heavy (non-hydrogen) atoms. The van der Waals surface area contributed by atoms with Crippen LogP contribution in [-0.4, -0.2) is 38.3 Å². The monoisotopic (exact) mass is 401 g/mol. The second-order valence-corrected chi connectivity index (χ2v) is 7.47. The SMILES string of the molecule is COc1cc(C(=O)NS(=O)(=O)c2ccccc2OC)ccc1Cn1cccn1. The summed E-state index contributed by atoms with van der Waals surface area (Å²) in [6.45, 7) is 0.456. The number of benzene rings is 2. The molecule has 0 atom stereocenters. The molecular formula is C19H19N3O5S. The highest BCUT2D eigenvalue weighted by molar-refractivity contribution is 7.90. The summed E-state index contributed by atoms with van der Waals surface area (Å²) in [6.07, 6.45) is 3.47. The lowest BCUT2D eigenvalue weighted by Crippen LogP contribution is -2.30. The lowest BCUT2D eigenvalue weighted by atomic mass is 10.1. The predicted molar refractivity (Wildman–Crippen MR) is 102 cm³/mol. The van der Waals surface area contributed by atoms with Gasteiger partial charge in [0.25, 0.3) is 15.9 Å². The van der Waals surface area contributed by atoms with Crippen molar-refractivity contribution in [2.24, 2.45) is 0 Å². The molecule has 9 heteroatoms. The second kappa shape index (κ2) is 8.13. The van der Waals surface area contributed by atoms with E-state index in [1.54, 1.807) is 41.3 Å². The van der Waals surface area contributed by atoms with E-state index in [1.807, 2.05) is 0 Å². The smallest absolute Gasteiger partial charge is 0.268 e. The van der Waals surface area contributed by atoms with Gasteiger partial charge in [0.15, 0.2) is 0 Å². The lowest BCUT2D eigenvalue weighted by Gasteiger charge is -2.13. The Bertz CT molecular complexity index is 1080. The normalized spacial score (nSPS) is 11.1. The number of nitrogens with one attached hydrogen (secondary N) is 1. The van der Waals surface area contributed by atoms with Gasteiger partial charge in [-0.05, 0) is 30.3 Å². The molecule has 1 aromatic heterocycles. The van der Waals surface area contributed by atoms with Gasteiger partial charge in [-0.2, -0.15) is 5.10 Å². The second-order valence-electron chi connectivity index (χ2n) is 5.82. The minimum Gasteiger partial charge on any atom is -0.496 e. The van der Waals surface area contributed by atoms with Crippen LogP contribution in [0.1, 0.15) is 15.9 Å². The fourth-order valence-corrected chi connectivity index (χ4v) is 3.81. The van der Waals surface area contributed by atoms with E-state index in [0.717, 1.165) is 5.56 Å². The van der Waals surface area contributed by atoms with Gasteiger partial charge in [0.2, 0.25) is 0 Å². The maximum absolute atomic E-state index is 12.6. The highest BCUT2D eigenvalue weighted by atomic mass is 32.2. The summed E-state index contributed by atoms with van der Waals surface area (Å²) in [4.78, 5) is 12.4. The first-order chi connectivity index (χ1) is 13.4. The molecule has 3 rings (SSSR count). The summed E-state index contributed by atoms with van der Waals surface area (Å²) in [5, 5.41) is 4.13. The van der Waals surface area contributed by atoms with Crippen molar-refractivity contribution in [2.45, 2.75) is 11.4 Å².